The minimum Gasteiger partial charge on any atom is -0.489 e. The van der Waals surface area contributed by atoms with Gasteiger partial charge in [-0.05, 0) is 92.2 Å². The quantitative estimate of drug-likeness (QED) is 0.169. The number of ether oxygens (including phenoxy) is 1. The van der Waals surface area contributed by atoms with E-state index in [9.17, 15) is 0 Å². The number of benzene rings is 5. The number of hydrogen-bond donors (Lipinski definition) is 3. The first kappa shape index (κ1) is 32.5. The molecule has 7 unspecified atom stereocenters. The topological polar surface area (TPSA) is 71.6 Å². The summed E-state index contributed by atoms with van der Waals surface area (Å²) < 4.78 is 20.0. The van der Waals surface area contributed by atoms with E-state index >= 15 is 0 Å². The van der Waals surface area contributed by atoms with E-state index in [1.165, 1.54) is 57.2 Å². The molecule has 6 heteroatoms. The number of nitrogens with one attached hydrogen (secondary N) is 3. The molecule has 5 aromatic carbocycles. The Labute approximate surface area is 316 Å². The number of rotatable bonds is 4. The Balaban J connectivity index is 0.999. The van der Waals surface area contributed by atoms with Gasteiger partial charge in [-0.2, -0.15) is 0 Å². The standard InChI is InChI=1S/C48H47N3O3/c1-28-12-8-23-42-43(28)38-27-30(24-25-41(38)53-42)46-49-47(51-48(2,50-46)31-14-4-3-5-15-31)36-20-11-19-35-34-18-10-17-32(44(34)54-45(35)36)29-13-9-22-40-37(26-29)33-16-6-7-21-39(33)52-40/h3-7,10-11,14-21,24-25,27-29,37,40,46-47,49-51H,8-9,12-13,22-23,26H2,1-2H3. The molecule has 2 aliphatic heterocycles. The van der Waals surface area contributed by atoms with Gasteiger partial charge in [-0.15, -0.1) is 0 Å². The highest BCUT2D eigenvalue weighted by molar-refractivity contribution is 6.07. The van der Waals surface area contributed by atoms with Gasteiger partial charge in [-0.3, -0.25) is 16.0 Å². The van der Waals surface area contributed by atoms with Gasteiger partial charge in [0, 0.05) is 45.2 Å². The summed E-state index contributed by atoms with van der Waals surface area (Å²) in [6, 6.07) is 39.6. The van der Waals surface area contributed by atoms with Gasteiger partial charge in [0.25, 0.3) is 0 Å². The molecule has 2 aromatic heterocycles. The molecule has 0 amide bonds. The summed E-state index contributed by atoms with van der Waals surface area (Å²) in [6.07, 6.45) is 7.80. The number of para-hydroxylation sites is 3. The van der Waals surface area contributed by atoms with Crippen molar-refractivity contribution in [3.63, 3.8) is 0 Å². The van der Waals surface area contributed by atoms with Gasteiger partial charge >= 0.3 is 0 Å². The Morgan fingerprint density at radius 3 is 2.30 bits per heavy atom. The van der Waals surface area contributed by atoms with Crippen LogP contribution in [-0.4, -0.2) is 6.10 Å². The van der Waals surface area contributed by atoms with Crippen LogP contribution in [0.3, 0.4) is 0 Å². The molecular formula is C48H47N3O3. The van der Waals surface area contributed by atoms with Crippen LogP contribution in [0.5, 0.6) is 5.75 Å². The van der Waals surface area contributed by atoms with Crippen molar-refractivity contribution in [2.45, 2.75) is 101 Å². The lowest BCUT2D eigenvalue weighted by Crippen LogP contribution is -2.64. The second kappa shape index (κ2) is 12.6. The normalized spacial score (nSPS) is 28.0. The molecule has 2 aliphatic carbocycles. The Morgan fingerprint density at radius 1 is 0.667 bits per heavy atom. The fourth-order valence-corrected chi connectivity index (χ4v) is 10.5. The monoisotopic (exact) mass is 713 g/mol. The van der Waals surface area contributed by atoms with E-state index in [1.54, 1.807) is 0 Å². The molecule has 0 spiro atoms. The molecule has 7 atom stereocenters. The highest BCUT2D eigenvalue weighted by atomic mass is 16.5. The maximum atomic E-state index is 7.13. The van der Waals surface area contributed by atoms with E-state index in [2.05, 4.69) is 139 Å². The summed E-state index contributed by atoms with van der Waals surface area (Å²) in [5.41, 5.74) is 10.00. The minimum absolute atomic E-state index is 0.138. The zero-order valence-electron chi connectivity index (χ0n) is 31.0. The zero-order chi connectivity index (χ0) is 36.0. The molecule has 1 saturated carbocycles. The number of fused-ring (bicyclic) bond motifs is 9. The van der Waals surface area contributed by atoms with Crippen molar-refractivity contribution in [2.24, 2.45) is 0 Å². The third-order valence-electron chi connectivity index (χ3n) is 13.2. The molecule has 272 valence electrons. The summed E-state index contributed by atoms with van der Waals surface area (Å²) in [5.74, 6) is 3.55. The molecule has 4 heterocycles. The third kappa shape index (κ3) is 5.18. The summed E-state index contributed by atoms with van der Waals surface area (Å²) >= 11 is 0. The number of hydrogen-bond acceptors (Lipinski definition) is 6. The summed E-state index contributed by atoms with van der Waals surface area (Å²) in [6.45, 7) is 4.60. The van der Waals surface area contributed by atoms with Crippen molar-refractivity contribution >= 4 is 32.9 Å². The van der Waals surface area contributed by atoms with Crippen LogP contribution >= 0.6 is 0 Å². The van der Waals surface area contributed by atoms with Crippen molar-refractivity contribution < 1.29 is 13.6 Å². The van der Waals surface area contributed by atoms with E-state index in [-0.39, 0.29) is 18.4 Å². The van der Waals surface area contributed by atoms with Crippen molar-refractivity contribution in [1.29, 1.82) is 0 Å². The van der Waals surface area contributed by atoms with Gasteiger partial charge in [0.1, 0.15) is 34.4 Å². The van der Waals surface area contributed by atoms with E-state index in [4.69, 9.17) is 13.6 Å². The predicted molar refractivity (Wildman–Crippen MR) is 215 cm³/mol. The maximum Gasteiger partial charge on any atom is 0.141 e. The highest BCUT2D eigenvalue weighted by Gasteiger charge is 2.41. The second-order valence-electron chi connectivity index (χ2n) is 16.5. The van der Waals surface area contributed by atoms with E-state index in [0.29, 0.717) is 17.8 Å². The molecule has 4 aliphatic rings. The van der Waals surface area contributed by atoms with Gasteiger partial charge in [-0.1, -0.05) is 97.9 Å². The maximum absolute atomic E-state index is 7.13. The average Bonchev–Trinajstić information content (AvgIpc) is 3.84. The molecule has 1 saturated heterocycles. The van der Waals surface area contributed by atoms with E-state index in [0.717, 1.165) is 65.6 Å². The fourth-order valence-electron chi connectivity index (χ4n) is 10.5. The van der Waals surface area contributed by atoms with Gasteiger partial charge in [-0.25, -0.2) is 0 Å². The van der Waals surface area contributed by atoms with Crippen molar-refractivity contribution in [1.82, 2.24) is 16.0 Å². The van der Waals surface area contributed by atoms with Crippen LogP contribution in [0.4, 0.5) is 0 Å². The molecule has 2 fully saturated rings. The van der Waals surface area contributed by atoms with Crippen molar-refractivity contribution in [2.75, 3.05) is 0 Å². The first-order chi connectivity index (χ1) is 26.5. The lowest BCUT2D eigenvalue weighted by atomic mass is 9.83. The molecule has 0 bridgehead atoms. The molecule has 11 rings (SSSR count). The molecular weight excluding hydrogens is 667 g/mol. The van der Waals surface area contributed by atoms with Crippen LogP contribution in [0.2, 0.25) is 0 Å². The van der Waals surface area contributed by atoms with Crippen LogP contribution in [0.1, 0.15) is 122 Å². The van der Waals surface area contributed by atoms with Crippen molar-refractivity contribution in [3.8, 4) is 5.75 Å². The number of aryl methyl sites for hydroxylation is 1. The lowest BCUT2D eigenvalue weighted by Gasteiger charge is -2.46. The van der Waals surface area contributed by atoms with Crippen molar-refractivity contribution in [3.05, 3.63) is 148 Å². The average molecular weight is 714 g/mol. The third-order valence-corrected chi connectivity index (χ3v) is 13.2. The SMILES string of the molecule is CC1CCCc2oc3ccc(C4NC(c5cccc6c5oc5c(C7CCCC8Oc9ccccc9C8C7)cccc56)NC(C)(c5ccccc5)N4)cc3c21. The van der Waals surface area contributed by atoms with Crippen LogP contribution < -0.4 is 20.7 Å². The van der Waals surface area contributed by atoms with Gasteiger partial charge in [0.05, 0.1) is 18.0 Å². The molecule has 0 radical (unpaired) electrons. The van der Waals surface area contributed by atoms with Crippen LogP contribution in [-0.2, 0) is 12.1 Å². The molecule has 6 nitrogen and oxygen atoms in total. The Morgan fingerprint density at radius 2 is 1.43 bits per heavy atom. The first-order valence-electron chi connectivity index (χ1n) is 20.1. The Hall–Kier alpha value is -4.88. The smallest absolute Gasteiger partial charge is 0.141 e. The lowest BCUT2D eigenvalue weighted by molar-refractivity contribution is 0.123. The van der Waals surface area contributed by atoms with Gasteiger partial charge in [0.15, 0.2) is 0 Å². The molecule has 3 N–H and O–H groups in total. The Kier molecular flexibility index (Phi) is 7.59. The fraction of sp³-hybridized carbons (Fsp3) is 0.333. The van der Waals surface area contributed by atoms with E-state index < -0.39 is 5.66 Å². The highest BCUT2D eigenvalue weighted by Crippen LogP contribution is 2.50. The molecule has 54 heavy (non-hydrogen) atoms. The molecule has 7 aromatic rings. The second-order valence-corrected chi connectivity index (χ2v) is 16.5. The first-order valence-corrected chi connectivity index (χ1v) is 20.1. The van der Waals surface area contributed by atoms with Crippen LogP contribution in [0.25, 0.3) is 32.9 Å². The minimum atomic E-state index is -0.532. The summed E-state index contributed by atoms with van der Waals surface area (Å²) in [4.78, 5) is 0. The van der Waals surface area contributed by atoms with Gasteiger partial charge in [0.2, 0.25) is 0 Å². The number of furan rings is 2. The van der Waals surface area contributed by atoms with E-state index in [1.807, 2.05) is 0 Å². The summed E-state index contributed by atoms with van der Waals surface area (Å²) in [5, 5.41) is 15.6. The van der Waals surface area contributed by atoms with Crippen LogP contribution in [0, 0.1) is 0 Å². The predicted octanol–water partition coefficient (Wildman–Crippen LogP) is 11.3. The Bertz CT molecular complexity index is 2540. The largest absolute Gasteiger partial charge is 0.489 e. The van der Waals surface area contributed by atoms with Crippen LogP contribution in [0.15, 0.2) is 118 Å². The summed E-state index contributed by atoms with van der Waals surface area (Å²) in [7, 11) is 0. The zero-order valence-corrected chi connectivity index (χ0v) is 31.0. The van der Waals surface area contributed by atoms with Gasteiger partial charge < -0.3 is 13.6 Å².